The molecule has 0 heterocycles. The number of hydrogen-bond donors (Lipinski definition) is 3. The molecule has 0 saturated carbocycles. The van der Waals surface area contributed by atoms with Crippen LogP contribution in [0.5, 0.6) is 0 Å². The topological polar surface area (TPSA) is 84.2 Å². The molecule has 0 aromatic heterocycles. The fraction of sp³-hybridized carbons (Fsp3) is 0.500. The highest BCUT2D eigenvalue weighted by atomic mass is 16.2. The highest BCUT2D eigenvalue weighted by molar-refractivity contribution is 5.99. The number of anilines is 1. The average molecular weight is 291 g/mol. The smallest absolute Gasteiger partial charge is 0.253 e. The third-order valence-electron chi connectivity index (χ3n) is 3.12. The first-order valence-corrected chi connectivity index (χ1v) is 7.45. The number of unbranched alkanes of at least 4 members (excludes halogenated alkanes) is 1. The molecule has 1 aromatic rings. The number of carbonyl (C=O) groups is 2. The molecule has 116 valence electrons. The maximum absolute atomic E-state index is 12.2. The van der Waals surface area contributed by atoms with Crippen LogP contribution in [0, 0.1) is 6.92 Å². The molecular formula is C16H25N3O2. The van der Waals surface area contributed by atoms with Gasteiger partial charge in [-0.15, -0.1) is 0 Å². The number of amides is 2. The lowest BCUT2D eigenvalue weighted by atomic mass is 10.1. The Hall–Kier alpha value is -2.04. The molecule has 0 spiro atoms. The molecule has 0 unspecified atom stereocenters. The van der Waals surface area contributed by atoms with Crippen molar-refractivity contribution in [1.82, 2.24) is 5.32 Å². The van der Waals surface area contributed by atoms with Crippen LogP contribution in [0.1, 0.15) is 48.5 Å². The highest BCUT2D eigenvalue weighted by Gasteiger charge is 2.11. The molecule has 5 heteroatoms. The molecular weight excluding hydrogens is 266 g/mol. The zero-order chi connectivity index (χ0) is 15.7. The second-order valence-corrected chi connectivity index (χ2v) is 5.16. The second kappa shape index (κ2) is 9.00. The third kappa shape index (κ3) is 6.29. The highest BCUT2D eigenvalue weighted by Crippen LogP contribution is 2.17. The summed E-state index contributed by atoms with van der Waals surface area (Å²) in [6.45, 7) is 5.43. The van der Waals surface area contributed by atoms with E-state index in [2.05, 4.69) is 17.6 Å². The molecule has 1 aromatic carbocycles. The Kier molecular flexibility index (Phi) is 7.29. The van der Waals surface area contributed by atoms with Crippen molar-refractivity contribution >= 4 is 17.5 Å². The Morgan fingerprint density at radius 1 is 1.19 bits per heavy atom. The first-order valence-electron chi connectivity index (χ1n) is 7.45. The van der Waals surface area contributed by atoms with Gasteiger partial charge in [0.1, 0.15) is 0 Å². The van der Waals surface area contributed by atoms with Crippen molar-refractivity contribution in [2.24, 2.45) is 5.73 Å². The molecule has 4 N–H and O–H groups in total. The fourth-order valence-electron chi connectivity index (χ4n) is 1.98. The van der Waals surface area contributed by atoms with Crippen molar-refractivity contribution in [2.45, 2.75) is 39.5 Å². The summed E-state index contributed by atoms with van der Waals surface area (Å²) in [7, 11) is 0. The van der Waals surface area contributed by atoms with Crippen molar-refractivity contribution < 1.29 is 9.59 Å². The van der Waals surface area contributed by atoms with Crippen molar-refractivity contribution in [2.75, 3.05) is 18.4 Å². The van der Waals surface area contributed by atoms with Gasteiger partial charge < -0.3 is 16.4 Å². The minimum atomic E-state index is -0.300. The molecule has 0 aliphatic heterocycles. The maximum Gasteiger partial charge on any atom is 0.253 e. The van der Waals surface area contributed by atoms with E-state index in [0.717, 1.165) is 30.6 Å². The number of aryl methyl sites for hydroxylation is 1. The molecule has 0 bridgehead atoms. The van der Waals surface area contributed by atoms with Crippen LogP contribution in [0.25, 0.3) is 0 Å². The number of nitrogens with two attached hydrogens (primary N) is 1. The van der Waals surface area contributed by atoms with E-state index >= 15 is 0 Å². The van der Waals surface area contributed by atoms with Crippen LogP contribution in [0.3, 0.4) is 0 Å². The Morgan fingerprint density at radius 2 is 1.95 bits per heavy atom. The second-order valence-electron chi connectivity index (χ2n) is 5.16. The minimum Gasteiger partial charge on any atom is -0.384 e. The van der Waals surface area contributed by atoms with Crippen molar-refractivity contribution in [3.63, 3.8) is 0 Å². The van der Waals surface area contributed by atoms with E-state index in [4.69, 9.17) is 5.73 Å². The van der Waals surface area contributed by atoms with Crippen molar-refractivity contribution in [3.8, 4) is 0 Å². The van der Waals surface area contributed by atoms with Crippen LogP contribution >= 0.6 is 0 Å². The van der Waals surface area contributed by atoms with Gasteiger partial charge in [-0.25, -0.2) is 0 Å². The van der Waals surface area contributed by atoms with E-state index in [9.17, 15) is 9.59 Å². The van der Waals surface area contributed by atoms with Gasteiger partial charge in [0.25, 0.3) is 5.91 Å². The van der Waals surface area contributed by atoms with Gasteiger partial charge in [-0.2, -0.15) is 0 Å². The number of hydrogen-bond acceptors (Lipinski definition) is 3. The first-order chi connectivity index (χ1) is 10.0. The van der Waals surface area contributed by atoms with Gasteiger partial charge >= 0.3 is 0 Å². The molecule has 0 saturated heterocycles. The van der Waals surface area contributed by atoms with Crippen LogP contribution in [0.4, 0.5) is 5.69 Å². The predicted molar refractivity (Wildman–Crippen MR) is 85.3 cm³/mol. The molecule has 0 aliphatic rings. The molecule has 0 atom stereocenters. The summed E-state index contributed by atoms with van der Waals surface area (Å²) in [5.41, 5.74) is 7.65. The maximum atomic E-state index is 12.2. The lowest BCUT2D eigenvalue weighted by Gasteiger charge is -2.12. The molecule has 2 amide bonds. The van der Waals surface area contributed by atoms with Crippen LogP contribution < -0.4 is 16.4 Å². The number of rotatable bonds is 9. The fourth-order valence-corrected chi connectivity index (χ4v) is 1.98. The summed E-state index contributed by atoms with van der Waals surface area (Å²) in [6, 6.07) is 5.81. The normalized spacial score (nSPS) is 10.2. The Bertz CT molecular complexity index is 486. The summed E-state index contributed by atoms with van der Waals surface area (Å²) < 4.78 is 0. The quantitative estimate of drug-likeness (QED) is 0.610. The third-order valence-corrected chi connectivity index (χ3v) is 3.12. The number of carbonyl (C=O) groups excluding carboxylic acids is 2. The zero-order valence-electron chi connectivity index (χ0n) is 12.9. The Labute approximate surface area is 126 Å². The van der Waals surface area contributed by atoms with E-state index < -0.39 is 0 Å². The molecule has 1 rings (SSSR count). The standard InChI is InChI=1S/C16H25N3O2/c1-3-9-18-14-8-7-12(2)11-13(14)16(21)19-10-5-4-6-15(17)20/h7-8,11,18H,3-6,9-10H2,1-2H3,(H2,17,20)(H,19,21). The molecule has 0 aliphatic carbocycles. The van der Waals surface area contributed by atoms with Gasteiger partial charge in [0.05, 0.1) is 5.56 Å². The van der Waals surface area contributed by atoms with E-state index in [1.165, 1.54) is 0 Å². The first kappa shape index (κ1) is 17.0. The van der Waals surface area contributed by atoms with Crippen LogP contribution in [-0.4, -0.2) is 24.9 Å². The van der Waals surface area contributed by atoms with Gasteiger partial charge in [0.2, 0.25) is 5.91 Å². The number of nitrogens with one attached hydrogen (secondary N) is 2. The van der Waals surface area contributed by atoms with Crippen molar-refractivity contribution in [3.05, 3.63) is 29.3 Å². The lowest BCUT2D eigenvalue weighted by molar-refractivity contribution is -0.118. The minimum absolute atomic E-state index is 0.0867. The Balaban J connectivity index is 2.55. The van der Waals surface area contributed by atoms with Gasteiger partial charge in [0, 0.05) is 25.2 Å². The summed E-state index contributed by atoms with van der Waals surface area (Å²) in [6.07, 6.45) is 2.81. The van der Waals surface area contributed by atoms with Gasteiger partial charge in [0.15, 0.2) is 0 Å². The van der Waals surface area contributed by atoms with E-state index in [0.29, 0.717) is 24.9 Å². The van der Waals surface area contributed by atoms with E-state index in [-0.39, 0.29) is 11.8 Å². The summed E-state index contributed by atoms with van der Waals surface area (Å²) in [4.78, 5) is 22.9. The Morgan fingerprint density at radius 3 is 2.62 bits per heavy atom. The largest absolute Gasteiger partial charge is 0.384 e. The SMILES string of the molecule is CCCNc1ccc(C)cc1C(=O)NCCCCC(N)=O. The summed E-state index contributed by atoms with van der Waals surface area (Å²) in [5, 5.41) is 6.15. The monoisotopic (exact) mass is 291 g/mol. The van der Waals surface area contributed by atoms with Gasteiger partial charge in [-0.1, -0.05) is 18.6 Å². The number of benzene rings is 1. The predicted octanol–water partition coefficient (Wildman–Crippen LogP) is 2.20. The van der Waals surface area contributed by atoms with E-state index in [1.54, 1.807) is 0 Å². The van der Waals surface area contributed by atoms with Gasteiger partial charge in [-0.05, 0) is 38.3 Å². The zero-order valence-corrected chi connectivity index (χ0v) is 12.9. The van der Waals surface area contributed by atoms with Crippen LogP contribution in [-0.2, 0) is 4.79 Å². The van der Waals surface area contributed by atoms with Gasteiger partial charge in [-0.3, -0.25) is 9.59 Å². The molecule has 5 nitrogen and oxygen atoms in total. The van der Waals surface area contributed by atoms with E-state index in [1.807, 2.05) is 25.1 Å². The molecule has 0 fully saturated rings. The molecule has 21 heavy (non-hydrogen) atoms. The molecule has 0 radical (unpaired) electrons. The number of primary amides is 1. The summed E-state index contributed by atoms with van der Waals surface area (Å²) >= 11 is 0. The van der Waals surface area contributed by atoms with Crippen LogP contribution in [0.2, 0.25) is 0 Å². The summed E-state index contributed by atoms with van der Waals surface area (Å²) in [5.74, 6) is -0.387. The van der Waals surface area contributed by atoms with Crippen LogP contribution in [0.15, 0.2) is 18.2 Å². The lowest BCUT2D eigenvalue weighted by Crippen LogP contribution is -2.26. The van der Waals surface area contributed by atoms with Crippen molar-refractivity contribution in [1.29, 1.82) is 0 Å². The average Bonchev–Trinajstić information content (AvgIpc) is 2.45.